The minimum atomic E-state index is -0.0326. The molecule has 0 spiro atoms. The zero-order chi connectivity index (χ0) is 10.3. The highest BCUT2D eigenvalue weighted by molar-refractivity contribution is 5.78. The number of nitrogens with one attached hydrogen (secondary N) is 1. The highest BCUT2D eigenvalue weighted by Crippen LogP contribution is 2.04. The molecule has 0 fully saturated rings. The highest BCUT2D eigenvalue weighted by Gasteiger charge is 2.08. The van der Waals surface area contributed by atoms with Gasteiger partial charge in [0.1, 0.15) is 5.78 Å². The van der Waals surface area contributed by atoms with Gasteiger partial charge in [-0.15, -0.1) is 0 Å². The molecule has 3 nitrogen and oxygen atoms in total. The van der Waals surface area contributed by atoms with Crippen molar-refractivity contribution in [2.45, 2.75) is 40.0 Å². The fourth-order valence-electron chi connectivity index (χ4n) is 1.16. The van der Waals surface area contributed by atoms with E-state index in [1.807, 2.05) is 13.8 Å². The van der Waals surface area contributed by atoms with Gasteiger partial charge in [-0.05, 0) is 12.3 Å². The molecule has 0 aliphatic rings. The van der Waals surface area contributed by atoms with Gasteiger partial charge in [-0.25, -0.2) is 0 Å². The highest BCUT2D eigenvalue weighted by atomic mass is 16.1. The summed E-state index contributed by atoms with van der Waals surface area (Å²) in [5, 5.41) is 2.70. The molecule has 0 rings (SSSR count). The summed E-state index contributed by atoms with van der Waals surface area (Å²) in [4.78, 5) is 21.7. The van der Waals surface area contributed by atoms with Crippen LogP contribution in [-0.4, -0.2) is 18.2 Å². The van der Waals surface area contributed by atoms with Crippen LogP contribution in [0.5, 0.6) is 0 Å². The van der Waals surface area contributed by atoms with Gasteiger partial charge in [0.05, 0.1) is 0 Å². The van der Waals surface area contributed by atoms with Crippen molar-refractivity contribution in [3.63, 3.8) is 0 Å². The first kappa shape index (κ1) is 12.1. The third-order valence-electron chi connectivity index (χ3n) is 1.80. The zero-order valence-corrected chi connectivity index (χ0v) is 8.72. The van der Waals surface area contributed by atoms with Crippen molar-refractivity contribution in [2.75, 3.05) is 6.54 Å². The van der Waals surface area contributed by atoms with Crippen molar-refractivity contribution in [3.05, 3.63) is 0 Å². The number of hydrogen-bond donors (Lipinski definition) is 1. The lowest BCUT2D eigenvalue weighted by molar-refractivity contribution is -0.121. The van der Waals surface area contributed by atoms with Crippen molar-refractivity contribution in [1.29, 1.82) is 0 Å². The predicted molar refractivity (Wildman–Crippen MR) is 52.4 cm³/mol. The van der Waals surface area contributed by atoms with Crippen LogP contribution < -0.4 is 5.32 Å². The summed E-state index contributed by atoms with van der Waals surface area (Å²) in [5.74, 6) is 0.512. The Labute approximate surface area is 79.9 Å². The summed E-state index contributed by atoms with van der Waals surface area (Å²) in [7, 11) is 0. The van der Waals surface area contributed by atoms with Crippen LogP contribution in [0.25, 0.3) is 0 Å². The van der Waals surface area contributed by atoms with E-state index in [9.17, 15) is 9.59 Å². The van der Waals surface area contributed by atoms with Crippen LogP contribution >= 0.6 is 0 Å². The Kier molecular flexibility index (Phi) is 6.20. The zero-order valence-electron chi connectivity index (χ0n) is 8.72. The van der Waals surface area contributed by atoms with E-state index in [2.05, 4.69) is 5.32 Å². The van der Waals surface area contributed by atoms with Crippen molar-refractivity contribution in [1.82, 2.24) is 5.32 Å². The number of ketones is 1. The third-order valence-corrected chi connectivity index (χ3v) is 1.80. The van der Waals surface area contributed by atoms with Crippen LogP contribution in [-0.2, 0) is 9.59 Å². The van der Waals surface area contributed by atoms with Crippen LogP contribution in [0.2, 0.25) is 0 Å². The molecule has 13 heavy (non-hydrogen) atoms. The maximum absolute atomic E-state index is 11.2. The molecular formula is C10H19NO2. The van der Waals surface area contributed by atoms with Gasteiger partial charge in [0.2, 0.25) is 5.91 Å². The standard InChI is InChI=1S/C10H19NO2/c1-4-5-10(13)6-8(2)7-11-9(3)12/h8H,4-7H2,1-3H3,(H,11,12). The molecule has 0 radical (unpaired) electrons. The smallest absolute Gasteiger partial charge is 0.216 e. The van der Waals surface area contributed by atoms with Crippen LogP contribution in [0.3, 0.4) is 0 Å². The molecule has 0 aromatic heterocycles. The van der Waals surface area contributed by atoms with Gasteiger partial charge < -0.3 is 5.32 Å². The Hall–Kier alpha value is -0.860. The second-order valence-electron chi connectivity index (χ2n) is 3.54. The fourth-order valence-corrected chi connectivity index (χ4v) is 1.16. The second kappa shape index (κ2) is 6.63. The average Bonchev–Trinajstić information content (AvgIpc) is 2.01. The lowest BCUT2D eigenvalue weighted by Crippen LogP contribution is -2.26. The lowest BCUT2D eigenvalue weighted by Gasteiger charge is -2.10. The van der Waals surface area contributed by atoms with Crippen LogP contribution in [0, 0.1) is 5.92 Å². The van der Waals surface area contributed by atoms with Gasteiger partial charge in [-0.2, -0.15) is 0 Å². The largest absolute Gasteiger partial charge is 0.356 e. The Morgan fingerprint density at radius 2 is 2.00 bits per heavy atom. The molecule has 0 aromatic carbocycles. The SMILES string of the molecule is CCCC(=O)CC(C)CNC(C)=O. The summed E-state index contributed by atoms with van der Waals surface area (Å²) < 4.78 is 0. The van der Waals surface area contributed by atoms with E-state index >= 15 is 0 Å². The van der Waals surface area contributed by atoms with Crippen molar-refractivity contribution >= 4 is 11.7 Å². The predicted octanol–water partition coefficient (Wildman–Crippen LogP) is 1.52. The molecule has 1 unspecified atom stereocenters. The van der Waals surface area contributed by atoms with E-state index in [0.29, 0.717) is 25.2 Å². The summed E-state index contributed by atoms with van der Waals surface area (Å²) >= 11 is 0. The van der Waals surface area contributed by atoms with Gasteiger partial charge >= 0.3 is 0 Å². The fraction of sp³-hybridized carbons (Fsp3) is 0.800. The Bertz CT molecular complexity index is 178. The van der Waals surface area contributed by atoms with E-state index in [4.69, 9.17) is 0 Å². The Balaban J connectivity index is 3.55. The summed E-state index contributed by atoms with van der Waals surface area (Å²) in [6.07, 6.45) is 2.14. The van der Waals surface area contributed by atoms with Gasteiger partial charge in [0.15, 0.2) is 0 Å². The summed E-state index contributed by atoms with van der Waals surface area (Å²) in [6.45, 7) is 6.06. The van der Waals surface area contributed by atoms with Crippen molar-refractivity contribution in [2.24, 2.45) is 5.92 Å². The molecule has 1 atom stereocenters. The molecular weight excluding hydrogens is 166 g/mol. The molecule has 0 aliphatic heterocycles. The van der Waals surface area contributed by atoms with E-state index in [1.165, 1.54) is 6.92 Å². The molecule has 1 amide bonds. The van der Waals surface area contributed by atoms with Crippen molar-refractivity contribution in [3.8, 4) is 0 Å². The quantitative estimate of drug-likeness (QED) is 0.682. The number of hydrogen-bond acceptors (Lipinski definition) is 2. The third kappa shape index (κ3) is 7.50. The van der Waals surface area contributed by atoms with Gasteiger partial charge in [-0.3, -0.25) is 9.59 Å². The number of carbonyl (C=O) groups is 2. The topological polar surface area (TPSA) is 46.2 Å². The molecule has 0 bridgehead atoms. The van der Waals surface area contributed by atoms with Crippen LogP contribution in [0.15, 0.2) is 0 Å². The minimum Gasteiger partial charge on any atom is -0.356 e. The second-order valence-corrected chi connectivity index (χ2v) is 3.54. The molecule has 0 saturated heterocycles. The van der Waals surface area contributed by atoms with E-state index < -0.39 is 0 Å². The van der Waals surface area contributed by atoms with E-state index in [-0.39, 0.29) is 11.8 Å². The molecule has 1 N–H and O–H groups in total. The van der Waals surface area contributed by atoms with Gasteiger partial charge in [0.25, 0.3) is 0 Å². The molecule has 0 saturated carbocycles. The van der Waals surface area contributed by atoms with Crippen molar-refractivity contribution < 1.29 is 9.59 Å². The average molecular weight is 185 g/mol. The maximum Gasteiger partial charge on any atom is 0.216 e. The van der Waals surface area contributed by atoms with Gasteiger partial charge in [-0.1, -0.05) is 13.8 Å². The Morgan fingerprint density at radius 1 is 1.38 bits per heavy atom. The normalized spacial score (nSPS) is 12.2. The first-order chi connectivity index (χ1) is 6.06. The first-order valence-electron chi connectivity index (χ1n) is 4.82. The molecule has 0 aliphatic carbocycles. The van der Waals surface area contributed by atoms with Crippen LogP contribution in [0.4, 0.5) is 0 Å². The lowest BCUT2D eigenvalue weighted by atomic mass is 10.0. The van der Waals surface area contributed by atoms with Crippen LogP contribution in [0.1, 0.15) is 40.0 Å². The minimum absolute atomic E-state index is 0.0326. The molecule has 76 valence electrons. The Morgan fingerprint density at radius 3 is 2.46 bits per heavy atom. The summed E-state index contributed by atoms with van der Waals surface area (Å²) in [6, 6.07) is 0. The maximum atomic E-state index is 11.2. The molecule has 3 heteroatoms. The number of rotatable bonds is 6. The molecule has 0 heterocycles. The molecule has 0 aromatic rings. The summed E-state index contributed by atoms with van der Waals surface area (Å²) in [5.41, 5.74) is 0. The van der Waals surface area contributed by atoms with E-state index in [1.54, 1.807) is 0 Å². The number of carbonyl (C=O) groups excluding carboxylic acids is 2. The number of amides is 1. The first-order valence-corrected chi connectivity index (χ1v) is 4.82. The van der Waals surface area contributed by atoms with E-state index in [0.717, 1.165) is 6.42 Å². The number of Topliss-reactive ketones (excluding diaryl/α,β-unsaturated/α-hetero) is 1. The monoisotopic (exact) mass is 185 g/mol. The van der Waals surface area contributed by atoms with Gasteiger partial charge in [0, 0.05) is 26.3 Å².